The molecular weight excluding hydrogens is 384 g/mol. The maximum Gasteiger partial charge on any atom is 0.266 e. The summed E-state index contributed by atoms with van der Waals surface area (Å²) in [5.74, 6) is -0.459. The Morgan fingerprint density at radius 3 is 2.39 bits per heavy atom. The van der Waals surface area contributed by atoms with Crippen LogP contribution in [0, 0.1) is 18.3 Å². The number of para-hydroxylation sites is 1. The number of hydrogen-bond acceptors (Lipinski definition) is 3. The fourth-order valence-corrected chi connectivity index (χ4v) is 3.25. The molecule has 0 aliphatic carbocycles. The van der Waals surface area contributed by atoms with Gasteiger partial charge in [-0.2, -0.15) is 10.4 Å². The van der Waals surface area contributed by atoms with Crippen molar-refractivity contribution in [3.05, 3.63) is 108 Å². The van der Waals surface area contributed by atoms with Crippen LogP contribution in [0.25, 0.3) is 23.0 Å². The molecule has 0 bridgehead atoms. The van der Waals surface area contributed by atoms with Gasteiger partial charge in [-0.05, 0) is 42.8 Å². The number of carbonyl (C=O) groups is 1. The summed E-state index contributed by atoms with van der Waals surface area (Å²) in [6.07, 6.45) is 3.41. The van der Waals surface area contributed by atoms with Crippen molar-refractivity contribution in [3.63, 3.8) is 0 Å². The molecule has 0 atom stereocenters. The molecule has 31 heavy (non-hydrogen) atoms. The van der Waals surface area contributed by atoms with Gasteiger partial charge in [-0.3, -0.25) is 4.79 Å². The fraction of sp³-hybridized carbons (Fsp3) is 0.0385. The lowest BCUT2D eigenvalue weighted by Crippen LogP contribution is -2.13. The SMILES string of the molecule is Cc1cccc(NC(=O)/C(C#N)=C/c2cn(-c3ccccc3)nc2-c2ccccc2)c1. The Morgan fingerprint density at radius 2 is 1.71 bits per heavy atom. The molecule has 3 aromatic carbocycles. The number of aromatic nitrogens is 2. The number of aryl methyl sites for hydroxylation is 1. The average Bonchev–Trinajstić information content (AvgIpc) is 3.22. The van der Waals surface area contributed by atoms with Crippen LogP contribution in [0.4, 0.5) is 5.69 Å². The standard InChI is InChI=1S/C26H20N4O/c1-19-9-8-12-23(15-19)28-26(31)21(17-27)16-22-18-30(24-13-6-3-7-14-24)29-25(22)20-10-4-2-5-11-20/h2-16,18H,1H3,(H,28,31)/b21-16+. The topological polar surface area (TPSA) is 70.7 Å². The van der Waals surface area contributed by atoms with E-state index in [1.807, 2.05) is 98.1 Å². The number of nitrogens with one attached hydrogen (secondary N) is 1. The first-order chi connectivity index (χ1) is 15.1. The third-order valence-electron chi connectivity index (χ3n) is 4.75. The third-order valence-corrected chi connectivity index (χ3v) is 4.75. The minimum absolute atomic E-state index is 0.00583. The number of benzene rings is 3. The van der Waals surface area contributed by atoms with Gasteiger partial charge < -0.3 is 5.32 Å². The molecule has 1 amide bonds. The maximum absolute atomic E-state index is 12.8. The number of hydrogen-bond donors (Lipinski definition) is 1. The van der Waals surface area contributed by atoms with Gasteiger partial charge in [0.1, 0.15) is 11.6 Å². The van der Waals surface area contributed by atoms with Crippen LogP contribution < -0.4 is 5.32 Å². The first-order valence-corrected chi connectivity index (χ1v) is 9.84. The van der Waals surface area contributed by atoms with Gasteiger partial charge >= 0.3 is 0 Å². The Bertz CT molecular complexity index is 1280. The van der Waals surface area contributed by atoms with Crippen LogP contribution >= 0.6 is 0 Å². The second-order valence-electron chi connectivity index (χ2n) is 7.07. The molecule has 1 heterocycles. The zero-order chi connectivity index (χ0) is 21.6. The van der Waals surface area contributed by atoms with Crippen LogP contribution in [0.15, 0.2) is 96.7 Å². The number of anilines is 1. The summed E-state index contributed by atoms with van der Waals surface area (Å²) in [6.45, 7) is 1.95. The van der Waals surface area contributed by atoms with Gasteiger partial charge in [0.15, 0.2) is 0 Å². The molecule has 1 aromatic heterocycles. The molecule has 0 radical (unpaired) electrons. The van der Waals surface area contributed by atoms with Crippen molar-refractivity contribution in [2.75, 3.05) is 5.32 Å². The van der Waals surface area contributed by atoms with Crippen LogP contribution in [0.2, 0.25) is 0 Å². The van der Waals surface area contributed by atoms with Gasteiger partial charge in [0.05, 0.1) is 11.4 Å². The fourth-order valence-electron chi connectivity index (χ4n) is 3.25. The van der Waals surface area contributed by atoms with Crippen LogP contribution in [-0.2, 0) is 4.79 Å². The van der Waals surface area contributed by atoms with E-state index in [-0.39, 0.29) is 5.57 Å². The summed E-state index contributed by atoms with van der Waals surface area (Å²) in [5.41, 5.74) is 4.85. The van der Waals surface area contributed by atoms with Crippen LogP contribution in [-0.4, -0.2) is 15.7 Å². The lowest BCUT2D eigenvalue weighted by molar-refractivity contribution is -0.112. The van der Waals surface area contributed by atoms with Gasteiger partial charge in [0.2, 0.25) is 0 Å². The quantitative estimate of drug-likeness (QED) is 0.358. The second kappa shape index (κ2) is 8.93. The van der Waals surface area contributed by atoms with E-state index in [0.717, 1.165) is 16.8 Å². The van der Waals surface area contributed by atoms with E-state index in [4.69, 9.17) is 5.10 Å². The third kappa shape index (κ3) is 4.60. The van der Waals surface area contributed by atoms with Gasteiger partial charge in [0.25, 0.3) is 5.91 Å². The largest absolute Gasteiger partial charge is 0.321 e. The monoisotopic (exact) mass is 404 g/mol. The van der Waals surface area contributed by atoms with E-state index in [2.05, 4.69) is 5.32 Å². The number of amides is 1. The summed E-state index contributed by atoms with van der Waals surface area (Å²) in [5, 5.41) is 17.2. The summed E-state index contributed by atoms with van der Waals surface area (Å²) in [6, 6.07) is 28.9. The number of carbonyl (C=O) groups excluding carboxylic acids is 1. The number of nitriles is 1. The predicted octanol–water partition coefficient (Wildman–Crippen LogP) is 5.39. The van der Waals surface area contributed by atoms with Crippen LogP contribution in [0.5, 0.6) is 0 Å². The second-order valence-corrected chi connectivity index (χ2v) is 7.07. The van der Waals surface area contributed by atoms with Crippen molar-refractivity contribution < 1.29 is 4.79 Å². The zero-order valence-electron chi connectivity index (χ0n) is 17.0. The normalized spacial score (nSPS) is 11.0. The lowest BCUT2D eigenvalue weighted by Gasteiger charge is -2.05. The van der Waals surface area contributed by atoms with E-state index in [1.165, 1.54) is 0 Å². The summed E-state index contributed by atoms with van der Waals surface area (Å²) < 4.78 is 1.75. The molecule has 0 saturated heterocycles. The molecule has 4 rings (SSSR count). The predicted molar refractivity (Wildman–Crippen MR) is 122 cm³/mol. The van der Waals surface area contributed by atoms with E-state index < -0.39 is 5.91 Å². The van der Waals surface area contributed by atoms with E-state index in [9.17, 15) is 10.1 Å². The first-order valence-electron chi connectivity index (χ1n) is 9.84. The molecule has 0 unspecified atom stereocenters. The molecule has 150 valence electrons. The highest BCUT2D eigenvalue weighted by atomic mass is 16.1. The molecule has 1 N–H and O–H groups in total. The van der Waals surface area contributed by atoms with Gasteiger partial charge in [-0.15, -0.1) is 0 Å². The highest BCUT2D eigenvalue weighted by Gasteiger charge is 2.15. The number of nitrogens with zero attached hydrogens (tertiary/aromatic N) is 3. The van der Waals surface area contributed by atoms with E-state index in [0.29, 0.717) is 16.9 Å². The van der Waals surface area contributed by atoms with Crippen molar-refractivity contribution in [2.45, 2.75) is 6.92 Å². The van der Waals surface area contributed by atoms with Crippen LogP contribution in [0.3, 0.4) is 0 Å². The highest BCUT2D eigenvalue weighted by molar-refractivity contribution is 6.10. The van der Waals surface area contributed by atoms with Crippen LogP contribution in [0.1, 0.15) is 11.1 Å². The molecular formula is C26H20N4O. The van der Waals surface area contributed by atoms with Crippen molar-refractivity contribution >= 4 is 17.7 Å². The molecule has 0 aliphatic heterocycles. The molecule has 4 aromatic rings. The molecule has 5 heteroatoms. The minimum atomic E-state index is -0.459. The molecule has 0 saturated carbocycles. The Labute approximate surface area is 180 Å². The minimum Gasteiger partial charge on any atom is -0.321 e. The zero-order valence-corrected chi connectivity index (χ0v) is 17.0. The van der Waals surface area contributed by atoms with Crippen molar-refractivity contribution in [3.8, 4) is 23.0 Å². The van der Waals surface area contributed by atoms with Gasteiger partial charge in [-0.1, -0.05) is 60.7 Å². The van der Waals surface area contributed by atoms with E-state index >= 15 is 0 Å². The molecule has 0 aliphatic rings. The smallest absolute Gasteiger partial charge is 0.266 e. The first kappa shape index (κ1) is 19.9. The average molecular weight is 404 g/mol. The Morgan fingerprint density at radius 1 is 1.00 bits per heavy atom. The van der Waals surface area contributed by atoms with Crippen molar-refractivity contribution in [1.82, 2.24) is 9.78 Å². The Hall–Kier alpha value is -4.43. The van der Waals surface area contributed by atoms with Crippen molar-refractivity contribution in [2.24, 2.45) is 0 Å². The summed E-state index contributed by atoms with van der Waals surface area (Å²) in [4.78, 5) is 12.8. The highest BCUT2D eigenvalue weighted by Crippen LogP contribution is 2.26. The summed E-state index contributed by atoms with van der Waals surface area (Å²) in [7, 11) is 0. The van der Waals surface area contributed by atoms with E-state index in [1.54, 1.807) is 16.8 Å². The van der Waals surface area contributed by atoms with Gasteiger partial charge in [-0.25, -0.2) is 4.68 Å². The Kier molecular flexibility index (Phi) is 5.72. The molecule has 0 spiro atoms. The van der Waals surface area contributed by atoms with Gasteiger partial charge in [0, 0.05) is 23.0 Å². The summed E-state index contributed by atoms with van der Waals surface area (Å²) >= 11 is 0. The lowest BCUT2D eigenvalue weighted by atomic mass is 10.1. The maximum atomic E-state index is 12.8. The number of rotatable bonds is 5. The van der Waals surface area contributed by atoms with Crippen molar-refractivity contribution in [1.29, 1.82) is 5.26 Å². The molecule has 0 fully saturated rings. The molecule has 5 nitrogen and oxygen atoms in total. The Balaban J connectivity index is 1.74.